The number of hydrogen-bond acceptors (Lipinski definition) is 6. The third-order valence-electron chi connectivity index (χ3n) is 2.39. The maximum atomic E-state index is 10.8. The predicted octanol–water partition coefficient (Wildman–Crippen LogP) is -0.362. The highest BCUT2D eigenvalue weighted by Crippen LogP contribution is 2.14. The third kappa shape index (κ3) is 3.07. The Kier molecular flexibility index (Phi) is 3.89. The van der Waals surface area contributed by atoms with Gasteiger partial charge in [0, 0.05) is 0 Å². The second-order valence-electron chi connectivity index (χ2n) is 3.87. The van der Waals surface area contributed by atoms with E-state index in [1.54, 1.807) is 30.3 Å². The summed E-state index contributed by atoms with van der Waals surface area (Å²) in [4.78, 5) is 22.7. The van der Waals surface area contributed by atoms with Crippen LogP contribution >= 0.6 is 0 Å². The van der Waals surface area contributed by atoms with Gasteiger partial charge < -0.3 is 15.1 Å². The van der Waals surface area contributed by atoms with Crippen LogP contribution in [0.4, 0.5) is 5.95 Å². The zero-order valence-corrected chi connectivity index (χ0v) is 10.2. The SMILES string of the molecule is O=C(O)CN(CC(=O)O)c1nnnn1-c1ccccc1. The van der Waals surface area contributed by atoms with Crippen molar-refractivity contribution >= 4 is 17.9 Å². The van der Waals surface area contributed by atoms with Crippen molar-refractivity contribution in [1.82, 2.24) is 20.2 Å². The largest absolute Gasteiger partial charge is 0.480 e. The number of aromatic nitrogens is 4. The van der Waals surface area contributed by atoms with Gasteiger partial charge in [-0.2, -0.15) is 4.68 Å². The van der Waals surface area contributed by atoms with Crippen LogP contribution in [0.1, 0.15) is 0 Å². The molecule has 20 heavy (non-hydrogen) atoms. The van der Waals surface area contributed by atoms with Crippen molar-refractivity contribution in [2.75, 3.05) is 18.0 Å². The molecule has 0 aliphatic rings. The second kappa shape index (κ2) is 5.78. The minimum Gasteiger partial charge on any atom is -0.480 e. The van der Waals surface area contributed by atoms with Crippen LogP contribution in [0.2, 0.25) is 0 Å². The van der Waals surface area contributed by atoms with Crippen LogP contribution in [0.5, 0.6) is 0 Å². The van der Waals surface area contributed by atoms with Crippen LogP contribution in [-0.2, 0) is 9.59 Å². The van der Waals surface area contributed by atoms with Gasteiger partial charge in [0.2, 0.25) is 0 Å². The summed E-state index contributed by atoms with van der Waals surface area (Å²) in [5, 5.41) is 28.6. The summed E-state index contributed by atoms with van der Waals surface area (Å²) in [7, 11) is 0. The molecule has 0 aliphatic carbocycles. The first-order valence-electron chi connectivity index (χ1n) is 5.60. The minimum atomic E-state index is -1.17. The zero-order chi connectivity index (χ0) is 14.5. The number of para-hydroxylation sites is 1. The number of nitrogens with zero attached hydrogens (tertiary/aromatic N) is 5. The number of carboxylic acids is 2. The molecule has 0 bridgehead atoms. The van der Waals surface area contributed by atoms with Gasteiger partial charge in [0.15, 0.2) is 0 Å². The Hall–Kier alpha value is -2.97. The summed E-state index contributed by atoms with van der Waals surface area (Å²) in [6.45, 7) is -1.03. The molecule has 2 N–H and O–H groups in total. The topological polar surface area (TPSA) is 121 Å². The van der Waals surface area contributed by atoms with Crippen LogP contribution in [0.3, 0.4) is 0 Å². The molecule has 0 saturated heterocycles. The lowest BCUT2D eigenvalue weighted by atomic mass is 10.3. The molecule has 0 aliphatic heterocycles. The molecular formula is C11H11N5O4. The van der Waals surface area contributed by atoms with Gasteiger partial charge in [-0.1, -0.05) is 23.3 Å². The molecule has 1 aromatic heterocycles. The summed E-state index contributed by atoms with van der Waals surface area (Å²) in [5.74, 6) is -2.29. The van der Waals surface area contributed by atoms with E-state index < -0.39 is 25.0 Å². The highest BCUT2D eigenvalue weighted by molar-refractivity contribution is 5.78. The summed E-state index contributed by atoms with van der Waals surface area (Å²) in [6, 6.07) is 8.78. The Morgan fingerprint density at radius 3 is 2.25 bits per heavy atom. The van der Waals surface area contributed by atoms with Gasteiger partial charge in [-0.25, -0.2) is 0 Å². The molecule has 0 fully saturated rings. The standard InChI is InChI=1S/C11H11N5O4/c17-9(18)6-15(7-10(19)20)11-12-13-14-16(11)8-4-2-1-3-5-8/h1-5H,6-7H2,(H,17,18)(H,19,20). The highest BCUT2D eigenvalue weighted by atomic mass is 16.4. The normalized spacial score (nSPS) is 10.2. The Bertz CT molecular complexity index is 596. The summed E-state index contributed by atoms with van der Waals surface area (Å²) in [5.41, 5.74) is 0.605. The monoisotopic (exact) mass is 277 g/mol. The van der Waals surface area contributed by atoms with Crippen LogP contribution in [0, 0.1) is 0 Å². The first-order chi connectivity index (χ1) is 9.58. The van der Waals surface area contributed by atoms with Crippen molar-refractivity contribution in [3.05, 3.63) is 30.3 Å². The van der Waals surface area contributed by atoms with Crippen molar-refractivity contribution in [2.45, 2.75) is 0 Å². The molecule has 104 valence electrons. The zero-order valence-electron chi connectivity index (χ0n) is 10.2. The number of aliphatic carboxylic acids is 2. The predicted molar refractivity (Wildman–Crippen MR) is 66.6 cm³/mol. The van der Waals surface area contributed by atoms with Crippen LogP contribution in [0.15, 0.2) is 30.3 Å². The molecule has 0 spiro atoms. The van der Waals surface area contributed by atoms with Gasteiger partial charge in [0.1, 0.15) is 13.1 Å². The number of benzene rings is 1. The number of carbonyl (C=O) groups is 2. The lowest BCUT2D eigenvalue weighted by Gasteiger charge is -2.18. The fourth-order valence-electron chi connectivity index (χ4n) is 1.64. The van der Waals surface area contributed by atoms with Gasteiger partial charge >= 0.3 is 11.9 Å². The van der Waals surface area contributed by atoms with E-state index >= 15 is 0 Å². The Labute approximate surface area is 113 Å². The van der Waals surface area contributed by atoms with Crippen LogP contribution < -0.4 is 4.90 Å². The molecule has 9 heteroatoms. The number of carboxylic acid groups (broad SMARTS) is 2. The van der Waals surface area contributed by atoms with Gasteiger partial charge in [0.05, 0.1) is 5.69 Å². The van der Waals surface area contributed by atoms with Gasteiger partial charge in [0.25, 0.3) is 5.95 Å². The highest BCUT2D eigenvalue weighted by Gasteiger charge is 2.21. The fraction of sp³-hybridized carbons (Fsp3) is 0.182. The first-order valence-corrected chi connectivity index (χ1v) is 5.60. The first kappa shape index (κ1) is 13.5. The van der Waals surface area contributed by atoms with E-state index in [9.17, 15) is 9.59 Å². The molecular weight excluding hydrogens is 266 g/mol. The Morgan fingerprint density at radius 2 is 1.70 bits per heavy atom. The van der Waals surface area contributed by atoms with Crippen LogP contribution in [0.25, 0.3) is 5.69 Å². The van der Waals surface area contributed by atoms with Crippen LogP contribution in [-0.4, -0.2) is 55.4 Å². The maximum Gasteiger partial charge on any atom is 0.323 e. The van der Waals surface area contributed by atoms with Gasteiger partial charge in [-0.15, -0.1) is 0 Å². The van der Waals surface area contributed by atoms with E-state index in [0.29, 0.717) is 5.69 Å². The lowest BCUT2D eigenvalue weighted by Crippen LogP contribution is -2.36. The van der Waals surface area contributed by atoms with Gasteiger partial charge in [-0.05, 0) is 22.6 Å². The Morgan fingerprint density at radius 1 is 1.10 bits per heavy atom. The quantitative estimate of drug-likeness (QED) is 0.734. The van der Waals surface area contributed by atoms with Crippen molar-refractivity contribution in [1.29, 1.82) is 0 Å². The molecule has 2 aromatic rings. The number of anilines is 1. The van der Waals surface area contributed by atoms with E-state index in [-0.39, 0.29) is 5.95 Å². The minimum absolute atomic E-state index is 0.0565. The van der Waals surface area contributed by atoms with Gasteiger partial charge in [-0.3, -0.25) is 9.59 Å². The average molecular weight is 277 g/mol. The Balaban J connectivity index is 2.37. The average Bonchev–Trinajstić information content (AvgIpc) is 2.87. The molecule has 1 heterocycles. The summed E-state index contributed by atoms with van der Waals surface area (Å²) < 4.78 is 1.28. The van der Waals surface area contributed by atoms with E-state index in [1.165, 1.54) is 4.68 Å². The molecule has 0 unspecified atom stereocenters. The molecule has 0 radical (unpaired) electrons. The third-order valence-corrected chi connectivity index (χ3v) is 2.39. The molecule has 0 saturated carbocycles. The second-order valence-corrected chi connectivity index (χ2v) is 3.87. The number of hydrogen-bond donors (Lipinski definition) is 2. The smallest absolute Gasteiger partial charge is 0.323 e. The molecule has 9 nitrogen and oxygen atoms in total. The summed E-state index contributed by atoms with van der Waals surface area (Å²) in [6.07, 6.45) is 0. The van der Waals surface area contributed by atoms with Crippen molar-refractivity contribution < 1.29 is 19.8 Å². The van der Waals surface area contributed by atoms with E-state index in [0.717, 1.165) is 4.90 Å². The van der Waals surface area contributed by atoms with Crippen molar-refractivity contribution in [2.24, 2.45) is 0 Å². The molecule has 1 aromatic carbocycles. The molecule has 0 atom stereocenters. The van der Waals surface area contributed by atoms with E-state index in [2.05, 4.69) is 15.5 Å². The summed E-state index contributed by atoms with van der Waals surface area (Å²) >= 11 is 0. The molecule has 2 rings (SSSR count). The maximum absolute atomic E-state index is 10.8. The van der Waals surface area contributed by atoms with E-state index in [1.807, 2.05) is 0 Å². The van der Waals surface area contributed by atoms with Crippen molar-refractivity contribution in [3.63, 3.8) is 0 Å². The number of tetrazole rings is 1. The van der Waals surface area contributed by atoms with E-state index in [4.69, 9.17) is 10.2 Å². The lowest BCUT2D eigenvalue weighted by molar-refractivity contribution is -0.136. The van der Waals surface area contributed by atoms with Crippen molar-refractivity contribution in [3.8, 4) is 5.69 Å². The fourth-order valence-corrected chi connectivity index (χ4v) is 1.64. The molecule has 0 amide bonds. The number of rotatable bonds is 6.